The highest BCUT2D eigenvalue weighted by Crippen LogP contribution is 1.96. The Morgan fingerprint density at radius 3 is 1.72 bits per heavy atom. The van der Waals surface area contributed by atoms with E-state index in [1.54, 1.807) is 0 Å². The molecule has 0 aromatic carbocycles. The van der Waals surface area contributed by atoms with Gasteiger partial charge in [-0.25, -0.2) is 0 Å². The standard InChI is InChI=1S/C23H32O2/c1-3-4-5-6-7-8-9-10-11-12-13-14-15-16-17-18-19-20-21-22-23(24)25-2/h4-5,7-8,10-11,13-14,16-17H,3,6,9,12,15,18,21-22H2,1-2H3. The molecule has 0 atom stereocenters. The van der Waals surface area contributed by atoms with Gasteiger partial charge in [0.05, 0.1) is 13.5 Å². The van der Waals surface area contributed by atoms with Gasteiger partial charge in [-0.3, -0.25) is 4.79 Å². The van der Waals surface area contributed by atoms with E-state index in [9.17, 15) is 4.79 Å². The van der Waals surface area contributed by atoms with Gasteiger partial charge in [0, 0.05) is 12.8 Å². The summed E-state index contributed by atoms with van der Waals surface area (Å²) in [4.78, 5) is 10.9. The van der Waals surface area contributed by atoms with E-state index in [-0.39, 0.29) is 5.97 Å². The Kier molecular flexibility index (Phi) is 18.0. The molecule has 0 fully saturated rings. The zero-order valence-electron chi connectivity index (χ0n) is 15.7. The maximum Gasteiger partial charge on any atom is 0.306 e. The summed E-state index contributed by atoms with van der Waals surface area (Å²) >= 11 is 0. The lowest BCUT2D eigenvalue weighted by molar-refractivity contribution is -0.140. The van der Waals surface area contributed by atoms with E-state index in [1.807, 2.05) is 0 Å². The fourth-order valence-electron chi connectivity index (χ4n) is 1.82. The van der Waals surface area contributed by atoms with Crippen molar-refractivity contribution in [1.29, 1.82) is 0 Å². The second kappa shape index (κ2) is 19.8. The fraction of sp³-hybridized carbons (Fsp3) is 0.435. The van der Waals surface area contributed by atoms with Crippen LogP contribution in [0.3, 0.4) is 0 Å². The van der Waals surface area contributed by atoms with Gasteiger partial charge in [0.15, 0.2) is 0 Å². The van der Waals surface area contributed by atoms with Gasteiger partial charge in [0.1, 0.15) is 0 Å². The zero-order chi connectivity index (χ0) is 18.4. The van der Waals surface area contributed by atoms with Gasteiger partial charge in [0.25, 0.3) is 0 Å². The molecule has 2 heteroatoms. The summed E-state index contributed by atoms with van der Waals surface area (Å²) in [5.41, 5.74) is 0. The summed E-state index contributed by atoms with van der Waals surface area (Å²) in [6.45, 7) is 2.15. The maximum atomic E-state index is 10.9. The van der Waals surface area contributed by atoms with E-state index in [1.165, 1.54) is 7.11 Å². The second-order valence-corrected chi connectivity index (χ2v) is 5.34. The molecule has 0 spiro atoms. The molecule has 0 saturated heterocycles. The molecule has 2 nitrogen and oxygen atoms in total. The predicted octanol–water partition coefficient (Wildman–Crippen LogP) is 6.08. The van der Waals surface area contributed by atoms with Crippen molar-refractivity contribution in [1.82, 2.24) is 0 Å². The summed E-state index contributed by atoms with van der Waals surface area (Å²) < 4.78 is 4.55. The molecule has 0 radical (unpaired) electrons. The number of carbonyl (C=O) groups excluding carboxylic acids is 1. The van der Waals surface area contributed by atoms with Gasteiger partial charge in [-0.2, -0.15) is 0 Å². The molecule has 0 unspecified atom stereocenters. The van der Waals surface area contributed by atoms with Crippen LogP contribution in [-0.2, 0) is 9.53 Å². The van der Waals surface area contributed by atoms with Crippen LogP contribution >= 0.6 is 0 Å². The van der Waals surface area contributed by atoms with E-state index < -0.39 is 0 Å². The van der Waals surface area contributed by atoms with Gasteiger partial charge in [-0.05, 0) is 32.1 Å². The van der Waals surface area contributed by atoms with Crippen LogP contribution in [0.4, 0.5) is 0 Å². The number of esters is 1. The molecule has 136 valence electrons. The molecule has 0 aliphatic carbocycles. The van der Waals surface area contributed by atoms with Gasteiger partial charge in [-0.15, -0.1) is 5.92 Å². The molecule has 0 aliphatic heterocycles. The zero-order valence-corrected chi connectivity index (χ0v) is 15.7. The minimum absolute atomic E-state index is 0.204. The lowest BCUT2D eigenvalue weighted by Crippen LogP contribution is -1.98. The second-order valence-electron chi connectivity index (χ2n) is 5.34. The Hall–Kier alpha value is -2.27. The Morgan fingerprint density at radius 1 is 0.760 bits per heavy atom. The van der Waals surface area contributed by atoms with Gasteiger partial charge < -0.3 is 4.74 Å². The van der Waals surface area contributed by atoms with Crippen LogP contribution in [0.1, 0.15) is 58.3 Å². The van der Waals surface area contributed by atoms with E-state index >= 15 is 0 Å². The van der Waals surface area contributed by atoms with E-state index in [2.05, 4.69) is 84.3 Å². The van der Waals surface area contributed by atoms with Crippen molar-refractivity contribution in [2.75, 3.05) is 7.11 Å². The van der Waals surface area contributed by atoms with Crippen LogP contribution in [0, 0.1) is 11.8 Å². The van der Waals surface area contributed by atoms with Crippen molar-refractivity contribution >= 4 is 5.97 Å². The molecular formula is C23H32O2. The minimum atomic E-state index is -0.204. The Labute approximate surface area is 154 Å². The first kappa shape index (κ1) is 22.7. The molecule has 0 aromatic rings. The van der Waals surface area contributed by atoms with Crippen LogP contribution < -0.4 is 0 Å². The average Bonchev–Trinajstić information content (AvgIpc) is 2.63. The first-order valence-electron chi connectivity index (χ1n) is 9.08. The molecule has 0 saturated carbocycles. The number of rotatable bonds is 12. The van der Waals surface area contributed by atoms with Crippen LogP contribution in [0.5, 0.6) is 0 Å². The number of methoxy groups -OCH3 is 1. The largest absolute Gasteiger partial charge is 0.469 e. The first-order chi connectivity index (χ1) is 12.3. The summed E-state index contributed by atoms with van der Waals surface area (Å²) in [6.07, 6.45) is 28.4. The SMILES string of the molecule is CCC=CCC=CCC=CCC=CCC=CCC#CCCC(=O)OC. The van der Waals surface area contributed by atoms with Gasteiger partial charge in [-0.1, -0.05) is 73.6 Å². The summed E-state index contributed by atoms with van der Waals surface area (Å²) in [7, 11) is 1.40. The highest BCUT2D eigenvalue weighted by Gasteiger charge is 1.94. The molecule has 0 rings (SSSR count). The number of allylic oxidation sites excluding steroid dienone is 10. The van der Waals surface area contributed by atoms with Crippen LogP contribution in [0.25, 0.3) is 0 Å². The lowest BCUT2D eigenvalue weighted by Gasteiger charge is -1.91. The third-order valence-electron chi connectivity index (χ3n) is 3.18. The quantitative estimate of drug-likeness (QED) is 0.244. The molecule has 0 aliphatic rings. The molecule has 0 aromatic heterocycles. The number of carbonyl (C=O) groups is 1. The highest BCUT2D eigenvalue weighted by atomic mass is 16.5. The normalized spacial score (nSPS) is 11.9. The van der Waals surface area contributed by atoms with E-state index in [4.69, 9.17) is 0 Å². The van der Waals surface area contributed by atoms with Crippen LogP contribution in [0.2, 0.25) is 0 Å². The average molecular weight is 341 g/mol. The smallest absolute Gasteiger partial charge is 0.306 e. The van der Waals surface area contributed by atoms with E-state index in [0.29, 0.717) is 12.8 Å². The molecule has 25 heavy (non-hydrogen) atoms. The van der Waals surface area contributed by atoms with Gasteiger partial charge in [0.2, 0.25) is 0 Å². The van der Waals surface area contributed by atoms with Crippen LogP contribution in [0.15, 0.2) is 60.8 Å². The third-order valence-corrected chi connectivity index (χ3v) is 3.18. The van der Waals surface area contributed by atoms with Crippen molar-refractivity contribution in [3.8, 4) is 11.8 Å². The Morgan fingerprint density at radius 2 is 1.24 bits per heavy atom. The maximum absolute atomic E-state index is 10.9. The molecule has 0 amide bonds. The molecule has 0 N–H and O–H groups in total. The summed E-state index contributed by atoms with van der Waals surface area (Å²) in [5.74, 6) is 5.78. The first-order valence-corrected chi connectivity index (χ1v) is 9.08. The minimum Gasteiger partial charge on any atom is -0.469 e. The Balaban J connectivity index is 3.56. The fourth-order valence-corrected chi connectivity index (χ4v) is 1.82. The summed E-state index contributed by atoms with van der Waals surface area (Å²) in [5, 5.41) is 0. The topological polar surface area (TPSA) is 26.3 Å². The number of hydrogen-bond donors (Lipinski definition) is 0. The van der Waals surface area contributed by atoms with Crippen LogP contribution in [-0.4, -0.2) is 13.1 Å². The Bertz CT molecular complexity index is 522. The van der Waals surface area contributed by atoms with Crippen molar-refractivity contribution in [2.24, 2.45) is 0 Å². The molecular weight excluding hydrogens is 308 g/mol. The molecule has 0 heterocycles. The van der Waals surface area contributed by atoms with E-state index in [0.717, 1.165) is 38.5 Å². The highest BCUT2D eigenvalue weighted by molar-refractivity contribution is 5.69. The van der Waals surface area contributed by atoms with Gasteiger partial charge >= 0.3 is 5.97 Å². The van der Waals surface area contributed by atoms with Crippen molar-refractivity contribution in [3.63, 3.8) is 0 Å². The van der Waals surface area contributed by atoms with Crippen molar-refractivity contribution in [3.05, 3.63) is 60.8 Å². The van der Waals surface area contributed by atoms with Crippen molar-refractivity contribution < 1.29 is 9.53 Å². The monoisotopic (exact) mass is 340 g/mol. The summed E-state index contributed by atoms with van der Waals surface area (Å²) in [6, 6.07) is 0. The van der Waals surface area contributed by atoms with Crippen molar-refractivity contribution in [2.45, 2.75) is 58.3 Å². The number of ether oxygens (including phenoxy) is 1. The lowest BCUT2D eigenvalue weighted by atomic mass is 10.2. The number of hydrogen-bond acceptors (Lipinski definition) is 2. The predicted molar refractivity (Wildman–Crippen MR) is 108 cm³/mol. The third kappa shape index (κ3) is 19.7. The molecule has 0 bridgehead atoms.